The van der Waals surface area contributed by atoms with E-state index < -0.39 is 11.6 Å². The molecule has 108 valence electrons. The number of halogens is 5. The molecule has 3 nitrogen and oxygen atoms in total. The number of H-pyrrole nitrogens is 1. The number of aromatic hydroxyl groups is 1. The molecule has 0 aliphatic carbocycles. The minimum Gasteiger partial charge on any atom is -0.506 e. The molecule has 0 bridgehead atoms. The molecular formula is C13H5Cl3F2N2O. The first-order chi connectivity index (χ1) is 9.88. The van der Waals surface area contributed by atoms with E-state index in [2.05, 4.69) is 9.97 Å². The third-order valence-electron chi connectivity index (χ3n) is 2.89. The molecule has 0 unspecified atom stereocenters. The zero-order chi connectivity index (χ0) is 15.3. The lowest BCUT2D eigenvalue weighted by Crippen LogP contribution is -1.86. The average Bonchev–Trinajstić information content (AvgIpc) is 2.80. The molecule has 0 aliphatic rings. The first-order valence-electron chi connectivity index (χ1n) is 5.60. The van der Waals surface area contributed by atoms with E-state index in [0.29, 0.717) is 6.07 Å². The van der Waals surface area contributed by atoms with E-state index in [1.807, 2.05) is 0 Å². The van der Waals surface area contributed by atoms with Crippen LogP contribution in [0.2, 0.25) is 15.1 Å². The summed E-state index contributed by atoms with van der Waals surface area (Å²) in [5.74, 6) is -1.92. The van der Waals surface area contributed by atoms with Crippen LogP contribution in [0.1, 0.15) is 0 Å². The van der Waals surface area contributed by atoms with Crippen LogP contribution in [0.15, 0.2) is 18.2 Å². The Morgan fingerprint density at radius 3 is 2.48 bits per heavy atom. The SMILES string of the molecule is Oc1c(Cl)cc(Cl)c(Cl)c1-c1nc2c(F)cc(F)cc2[nH]1. The summed E-state index contributed by atoms with van der Waals surface area (Å²) in [4.78, 5) is 6.65. The van der Waals surface area contributed by atoms with Crippen molar-refractivity contribution in [2.75, 3.05) is 0 Å². The maximum absolute atomic E-state index is 13.7. The summed E-state index contributed by atoms with van der Waals surface area (Å²) >= 11 is 17.7. The summed E-state index contributed by atoms with van der Waals surface area (Å²) in [5.41, 5.74) is 0.0530. The van der Waals surface area contributed by atoms with Gasteiger partial charge in [0.15, 0.2) is 5.82 Å². The largest absolute Gasteiger partial charge is 0.506 e. The van der Waals surface area contributed by atoms with Crippen molar-refractivity contribution in [1.82, 2.24) is 9.97 Å². The highest BCUT2D eigenvalue weighted by molar-refractivity contribution is 6.45. The zero-order valence-electron chi connectivity index (χ0n) is 10.0. The fourth-order valence-electron chi connectivity index (χ4n) is 1.96. The van der Waals surface area contributed by atoms with Crippen LogP contribution in [-0.2, 0) is 0 Å². The van der Waals surface area contributed by atoms with Gasteiger partial charge in [-0.25, -0.2) is 13.8 Å². The molecule has 0 spiro atoms. The molecule has 0 amide bonds. The Morgan fingerprint density at radius 2 is 1.76 bits per heavy atom. The normalized spacial score (nSPS) is 11.3. The van der Waals surface area contributed by atoms with Crippen LogP contribution < -0.4 is 0 Å². The maximum Gasteiger partial charge on any atom is 0.153 e. The van der Waals surface area contributed by atoms with E-state index in [4.69, 9.17) is 34.8 Å². The number of aromatic nitrogens is 2. The van der Waals surface area contributed by atoms with Gasteiger partial charge < -0.3 is 10.1 Å². The number of nitrogens with one attached hydrogen (secondary N) is 1. The van der Waals surface area contributed by atoms with E-state index in [1.54, 1.807) is 0 Å². The smallest absolute Gasteiger partial charge is 0.153 e. The summed E-state index contributed by atoms with van der Waals surface area (Å²) < 4.78 is 26.9. The Morgan fingerprint density at radius 1 is 1.05 bits per heavy atom. The molecule has 2 aromatic carbocycles. The van der Waals surface area contributed by atoms with Crippen molar-refractivity contribution >= 4 is 45.8 Å². The molecule has 0 saturated heterocycles. The van der Waals surface area contributed by atoms with E-state index in [9.17, 15) is 13.9 Å². The van der Waals surface area contributed by atoms with Crippen molar-refractivity contribution in [2.45, 2.75) is 0 Å². The second kappa shape index (κ2) is 5.02. The van der Waals surface area contributed by atoms with Gasteiger partial charge in [0.2, 0.25) is 0 Å². The summed E-state index contributed by atoms with van der Waals surface area (Å²) in [6.45, 7) is 0. The van der Waals surface area contributed by atoms with Crippen molar-refractivity contribution < 1.29 is 13.9 Å². The number of hydrogen-bond acceptors (Lipinski definition) is 2. The highest BCUT2D eigenvalue weighted by atomic mass is 35.5. The Kier molecular flexibility index (Phi) is 3.43. The molecule has 21 heavy (non-hydrogen) atoms. The lowest BCUT2D eigenvalue weighted by Gasteiger charge is -2.07. The highest BCUT2D eigenvalue weighted by Crippen LogP contribution is 2.44. The summed E-state index contributed by atoms with van der Waals surface area (Å²) in [7, 11) is 0. The summed E-state index contributed by atoms with van der Waals surface area (Å²) in [6.07, 6.45) is 0. The van der Waals surface area contributed by atoms with Crippen molar-refractivity contribution in [3.63, 3.8) is 0 Å². The van der Waals surface area contributed by atoms with Gasteiger partial charge in [-0.05, 0) is 12.1 Å². The average molecular weight is 350 g/mol. The van der Waals surface area contributed by atoms with Crippen molar-refractivity contribution in [2.24, 2.45) is 0 Å². The first-order valence-corrected chi connectivity index (χ1v) is 6.73. The van der Waals surface area contributed by atoms with E-state index in [1.165, 1.54) is 6.07 Å². The number of phenols is 1. The van der Waals surface area contributed by atoms with Crippen LogP contribution in [0, 0.1) is 11.6 Å². The lowest BCUT2D eigenvalue weighted by atomic mass is 10.2. The molecule has 0 atom stereocenters. The Labute approximate surface area is 132 Å². The lowest BCUT2D eigenvalue weighted by molar-refractivity contribution is 0.477. The van der Waals surface area contributed by atoms with Gasteiger partial charge in [0.1, 0.15) is 22.9 Å². The van der Waals surface area contributed by atoms with E-state index >= 15 is 0 Å². The zero-order valence-corrected chi connectivity index (χ0v) is 12.3. The third-order valence-corrected chi connectivity index (χ3v) is 3.96. The number of nitrogens with zero attached hydrogens (tertiary/aromatic N) is 1. The summed E-state index contributed by atoms with van der Waals surface area (Å²) in [6, 6.07) is 3.05. The van der Waals surface area contributed by atoms with Crippen LogP contribution in [0.25, 0.3) is 22.4 Å². The molecule has 3 rings (SSSR count). The Balaban J connectivity index is 2.34. The number of aromatic amines is 1. The predicted molar refractivity (Wildman–Crippen MR) is 78.1 cm³/mol. The molecule has 0 saturated carbocycles. The first kappa shape index (κ1) is 14.4. The Bertz CT molecular complexity index is 853. The molecule has 8 heteroatoms. The van der Waals surface area contributed by atoms with Gasteiger partial charge in [-0.1, -0.05) is 34.8 Å². The van der Waals surface area contributed by atoms with Crippen LogP contribution in [0.3, 0.4) is 0 Å². The number of imidazole rings is 1. The van der Waals surface area contributed by atoms with E-state index in [-0.39, 0.29) is 43.2 Å². The number of fused-ring (bicyclic) bond motifs is 1. The van der Waals surface area contributed by atoms with Gasteiger partial charge in [-0.3, -0.25) is 0 Å². The predicted octanol–water partition coefficient (Wildman–Crippen LogP) is 5.17. The number of phenolic OH excluding ortho intramolecular Hbond substituents is 1. The molecule has 1 aromatic heterocycles. The fourth-order valence-corrected chi connectivity index (χ4v) is 2.66. The van der Waals surface area contributed by atoms with Crippen LogP contribution in [-0.4, -0.2) is 15.1 Å². The van der Waals surface area contributed by atoms with E-state index in [0.717, 1.165) is 6.07 Å². The fraction of sp³-hybridized carbons (Fsp3) is 0. The van der Waals surface area contributed by atoms with Crippen molar-refractivity contribution in [3.8, 4) is 17.1 Å². The third kappa shape index (κ3) is 2.31. The van der Waals surface area contributed by atoms with Gasteiger partial charge >= 0.3 is 0 Å². The van der Waals surface area contributed by atoms with Crippen LogP contribution >= 0.6 is 34.8 Å². The minimum atomic E-state index is -0.837. The number of rotatable bonds is 1. The van der Waals surface area contributed by atoms with Gasteiger partial charge in [-0.2, -0.15) is 0 Å². The van der Waals surface area contributed by atoms with Crippen LogP contribution in [0.5, 0.6) is 5.75 Å². The van der Waals surface area contributed by atoms with Crippen molar-refractivity contribution in [1.29, 1.82) is 0 Å². The molecule has 2 N–H and O–H groups in total. The number of hydrogen-bond donors (Lipinski definition) is 2. The monoisotopic (exact) mass is 348 g/mol. The number of benzene rings is 2. The summed E-state index contributed by atoms with van der Waals surface area (Å²) in [5, 5.41) is 10.1. The quantitative estimate of drug-likeness (QED) is 0.595. The standard InChI is InChI=1S/C13H5Cl3F2N2O/c14-5-3-6(15)12(21)9(10(5)16)13-19-8-2-4(17)1-7(18)11(8)20-13/h1-3,21H,(H,19,20). The molecule has 0 fully saturated rings. The molecule has 0 radical (unpaired) electrons. The Hall–Kier alpha value is -1.56. The van der Waals surface area contributed by atoms with Crippen molar-refractivity contribution in [3.05, 3.63) is 44.9 Å². The van der Waals surface area contributed by atoms with Gasteiger partial charge in [0.25, 0.3) is 0 Å². The molecule has 0 aliphatic heterocycles. The molecule has 3 aromatic rings. The molecule has 1 heterocycles. The van der Waals surface area contributed by atoms with Crippen LogP contribution in [0.4, 0.5) is 8.78 Å². The highest BCUT2D eigenvalue weighted by Gasteiger charge is 2.20. The van der Waals surface area contributed by atoms with Gasteiger partial charge in [0.05, 0.1) is 26.1 Å². The van der Waals surface area contributed by atoms with Gasteiger partial charge in [-0.15, -0.1) is 0 Å². The topological polar surface area (TPSA) is 48.9 Å². The van der Waals surface area contributed by atoms with Gasteiger partial charge in [0, 0.05) is 6.07 Å². The second-order valence-corrected chi connectivity index (χ2v) is 5.44. The second-order valence-electron chi connectivity index (χ2n) is 4.25. The molecular weight excluding hydrogens is 345 g/mol. The minimum absolute atomic E-state index is 0.00139. The maximum atomic E-state index is 13.7.